The van der Waals surface area contributed by atoms with Gasteiger partial charge in [-0.3, -0.25) is 3.11 Å². The van der Waals surface area contributed by atoms with Crippen molar-refractivity contribution in [3.8, 4) is 0 Å². The van der Waals surface area contributed by atoms with E-state index in [1.54, 1.807) is 0 Å². The molecule has 0 fully saturated rings. The van der Waals surface area contributed by atoms with Crippen LogP contribution in [0.25, 0.3) is 0 Å². The topological polar surface area (TPSA) is 41.4 Å². The molecule has 0 N–H and O–H groups in total. The molecule has 0 amide bonds. The first kappa shape index (κ1) is 7.35. The molecule has 2 rings (SSSR count). The second kappa shape index (κ2) is 2.63. The summed E-state index contributed by atoms with van der Waals surface area (Å²) in [5.74, 6) is 0.859. The van der Waals surface area contributed by atoms with Crippen LogP contribution >= 0.6 is 32.9 Å². The molecule has 0 atom stereocenters. The van der Waals surface area contributed by atoms with Crippen LogP contribution in [0.15, 0.2) is 9.47 Å². The minimum Gasteiger partial charge on any atom is -0.291 e. The normalized spacial score (nSPS) is 14.5. The van der Waals surface area contributed by atoms with Crippen molar-refractivity contribution in [3.63, 3.8) is 0 Å². The summed E-state index contributed by atoms with van der Waals surface area (Å²) >= 11 is 5.49. The number of fused-ring (bicyclic) bond motifs is 1. The van der Waals surface area contributed by atoms with Gasteiger partial charge in [0, 0.05) is 7.05 Å². The third-order valence-electron chi connectivity index (χ3n) is 1.29. The van der Waals surface area contributed by atoms with Gasteiger partial charge in [0.15, 0.2) is 16.7 Å². The molecule has 0 unspecified atom stereocenters. The maximum Gasteiger partial charge on any atom is 0.169 e. The molecule has 1 aromatic heterocycles. The summed E-state index contributed by atoms with van der Waals surface area (Å²) in [5, 5.41) is 0.457. The van der Waals surface area contributed by atoms with E-state index in [9.17, 15) is 0 Å². The molecule has 58 valence electrons. The van der Waals surface area contributed by atoms with E-state index >= 15 is 0 Å². The molecule has 1 aliphatic heterocycles. The van der Waals surface area contributed by atoms with Crippen LogP contribution in [0.2, 0.25) is 5.15 Å². The SMILES string of the molecule is CN1I=Nc2c(Cl)ncnc21. The van der Waals surface area contributed by atoms with Crippen molar-refractivity contribution in [1.29, 1.82) is 0 Å². The zero-order chi connectivity index (χ0) is 7.84. The first-order valence-corrected chi connectivity index (χ1v) is 5.19. The average molecular weight is 282 g/mol. The Bertz CT molecular complexity index is 326. The Morgan fingerprint density at radius 2 is 2.36 bits per heavy atom. The number of aromatic nitrogens is 2. The maximum absolute atomic E-state index is 5.78. The van der Waals surface area contributed by atoms with Gasteiger partial charge in [-0.25, -0.2) is 9.97 Å². The second-order valence-electron chi connectivity index (χ2n) is 1.97. The highest BCUT2D eigenvalue weighted by molar-refractivity contribution is 14.2. The summed E-state index contributed by atoms with van der Waals surface area (Å²) in [6.07, 6.45) is 1.46. The van der Waals surface area contributed by atoms with Crippen LogP contribution in [0, 0.1) is 0 Å². The van der Waals surface area contributed by atoms with Crippen LogP contribution in [0.1, 0.15) is 0 Å². The number of hydrogen-bond acceptors (Lipinski definition) is 4. The van der Waals surface area contributed by atoms with Gasteiger partial charge in [0.05, 0.1) is 0 Å². The van der Waals surface area contributed by atoms with Gasteiger partial charge >= 0.3 is 0 Å². The van der Waals surface area contributed by atoms with Gasteiger partial charge in [0.2, 0.25) is 0 Å². The third kappa shape index (κ3) is 1.12. The van der Waals surface area contributed by atoms with Crippen LogP contribution in [0.5, 0.6) is 0 Å². The predicted molar refractivity (Wildman–Crippen MR) is 51.6 cm³/mol. The minimum absolute atomic E-state index is 0.296. The molecule has 6 heteroatoms. The fraction of sp³-hybridized carbons (Fsp3) is 0.200. The van der Waals surface area contributed by atoms with Gasteiger partial charge in [-0.2, -0.15) is 3.15 Å². The lowest BCUT2D eigenvalue weighted by Crippen LogP contribution is -2.00. The molecular formula is C5H4ClIN4. The van der Waals surface area contributed by atoms with Gasteiger partial charge in [-0.15, -0.1) is 0 Å². The van der Waals surface area contributed by atoms with Crippen LogP contribution in [0.3, 0.4) is 0 Å². The fourth-order valence-corrected chi connectivity index (χ4v) is 2.63. The molecule has 0 spiro atoms. The summed E-state index contributed by atoms with van der Waals surface area (Å²) in [5.41, 5.74) is 0.754. The highest BCUT2D eigenvalue weighted by Gasteiger charge is 2.17. The molecule has 1 aromatic rings. The van der Waals surface area contributed by atoms with E-state index in [0.29, 0.717) is 5.15 Å². The monoisotopic (exact) mass is 282 g/mol. The van der Waals surface area contributed by atoms with Gasteiger partial charge in [0.1, 0.15) is 27.6 Å². The molecule has 0 saturated carbocycles. The van der Waals surface area contributed by atoms with Crippen molar-refractivity contribution in [3.05, 3.63) is 11.5 Å². The second-order valence-corrected chi connectivity index (χ2v) is 4.69. The summed E-state index contributed by atoms with van der Waals surface area (Å²) in [6.45, 7) is 0. The number of hydrogen-bond donors (Lipinski definition) is 0. The van der Waals surface area contributed by atoms with Crippen LogP contribution < -0.4 is 3.11 Å². The molecular weight excluding hydrogens is 278 g/mol. The zero-order valence-electron chi connectivity index (χ0n) is 5.62. The first-order valence-electron chi connectivity index (χ1n) is 2.89. The van der Waals surface area contributed by atoms with Crippen molar-refractivity contribution in [2.24, 2.45) is 3.15 Å². The Hall–Kier alpha value is -0.300. The molecule has 11 heavy (non-hydrogen) atoms. The first-order chi connectivity index (χ1) is 5.29. The summed E-state index contributed by atoms with van der Waals surface area (Å²) in [4.78, 5) is 7.90. The van der Waals surface area contributed by atoms with E-state index in [-0.39, 0.29) is 21.3 Å². The van der Waals surface area contributed by atoms with Crippen LogP contribution in [0.4, 0.5) is 11.5 Å². The van der Waals surface area contributed by atoms with E-state index in [1.807, 2.05) is 10.2 Å². The standard InChI is InChI=1S/C5H4ClIN4/c1-11-5-3(10-7-11)4(6)8-2-9-5/h2H,1H3. The number of anilines is 1. The Morgan fingerprint density at radius 1 is 1.55 bits per heavy atom. The quantitative estimate of drug-likeness (QED) is 0.416. The van der Waals surface area contributed by atoms with E-state index in [0.717, 1.165) is 11.5 Å². The average Bonchev–Trinajstić information content (AvgIpc) is 2.35. The van der Waals surface area contributed by atoms with Crippen molar-refractivity contribution >= 4 is 44.4 Å². The molecule has 0 bridgehead atoms. The van der Waals surface area contributed by atoms with Gasteiger partial charge < -0.3 is 0 Å². The van der Waals surface area contributed by atoms with Crippen LogP contribution in [-0.4, -0.2) is 17.0 Å². The Balaban J connectivity index is 2.65. The summed E-state index contributed by atoms with van der Waals surface area (Å²) in [7, 11) is 1.96. The van der Waals surface area contributed by atoms with Crippen molar-refractivity contribution in [2.75, 3.05) is 10.2 Å². The lowest BCUT2D eigenvalue weighted by atomic mass is 10.5. The lowest BCUT2D eigenvalue weighted by molar-refractivity contribution is 1.14. The van der Waals surface area contributed by atoms with Crippen molar-refractivity contribution in [2.45, 2.75) is 0 Å². The third-order valence-corrected chi connectivity index (χ3v) is 3.36. The number of nitrogens with zero attached hydrogens (tertiary/aromatic N) is 4. The van der Waals surface area contributed by atoms with E-state index in [4.69, 9.17) is 11.6 Å². The number of rotatable bonds is 0. The van der Waals surface area contributed by atoms with Gasteiger partial charge in [-0.1, -0.05) is 11.6 Å². The zero-order valence-corrected chi connectivity index (χ0v) is 8.54. The molecule has 0 radical (unpaired) electrons. The van der Waals surface area contributed by atoms with Crippen LogP contribution in [-0.2, 0) is 0 Å². The summed E-state index contributed by atoms with van der Waals surface area (Å²) in [6, 6.07) is 0. The lowest BCUT2D eigenvalue weighted by Gasteiger charge is -2.04. The maximum atomic E-state index is 5.78. The minimum atomic E-state index is -0.296. The largest absolute Gasteiger partial charge is 0.291 e. The number of halogens is 2. The molecule has 0 aromatic carbocycles. The van der Waals surface area contributed by atoms with E-state index < -0.39 is 0 Å². The summed E-state index contributed by atoms with van der Waals surface area (Å²) < 4.78 is 6.29. The van der Waals surface area contributed by atoms with E-state index in [2.05, 4.69) is 13.1 Å². The van der Waals surface area contributed by atoms with Crippen molar-refractivity contribution in [1.82, 2.24) is 9.97 Å². The van der Waals surface area contributed by atoms with Crippen molar-refractivity contribution < 1.29 is 0 Å². The Morgan fingerprint density at radius 3 is 3.09 bits per heavy atom. The van der Waals surface area contributed by atoms with E-state index in [1.165, 1.54) is 6.33 Å². The fourth-order valence-electron chi connectivity index (χ4n) is 0.777. The highest BCUT2D eigenvalue weighted by atomic mass is 127. The Kier molecular flexibility index (Phi) is 1.76. The predicted octanol–water partition coefficient (Wildman–Crippen LogP) is 2.28. The smallest absolute Gasteiger partial charge is 0.169 e. The molecule has 4 nitrogen and oxygen atoms in total. The molecule has 0 saturated heterocycles. The van der Waals surface area contributed by atoms with Gasteiger partial charge in [-0.05, 0) is 0 Å². The van der Waals surface area contributed by atoms with Gasteiger partial charge in [0.25, 0.3) is 0 Å². The molecule has 1 aliphatic rings. The molecule has 2 heterocycles. The molecule has 0 aliphatic carbocycles. The Labute approximate surface area is 79.1 Å². The highest BCUT2D eigenvalue weighted by Crippen LogP contribution is 2.42.